The third-order valence-corrected chi connectivity index (χ3v) is 3.77. The highest BCUT2D eigenvalue weighted by Crippen LogP contribution is 2.33. The van der Waals surface area contributed by atoms with E-state index in [0.717, 1.165) is 0 Å². The number of aryl methyl sites for hydroxylation is 1. The fourth-order valence-corrected chi connectivity index (χ4v) is 2.50. The zero-order chi connectivity index (χ0) is 18.6. The van der Waals surface area contributed by atoms with E-state index in [0.29, 0.717) is 28.0 Å². The molecule has 0 bridgehead atoms. The van der Waals surface area contributed by atoms with Crippen LogP contribution in [0.1, 0.15) is 17.5 Å². The molecule has 1 heterocycles. The number of fused-ring (bicyclic) bond motifs is 1. The molecule has 0 radical (unpaired) electrons. The molecule has 0 atom stereocenters. The number of carbonyl (C=O) groups is 2. The maximum Gasteiger partial charge on any atom is 0.340 e. The second-order valence-corrected chi connectivity index (χ2v) is 5.37. The first-order valence-electron chi connectivity index (χ1n) is 7.54. The molecule has 0 spiro atoms. The lowest BCUT2D eigenvalue weighted by molar-refractivity contribution is -0.136. The Morgan fingerprint density at radius 2 is 1.96 bits per heavy atom. The number of methoxy groups -OCH3 is 2. The van der Waals surface area contributed by atoms with Gasteiger partial charge in [0.05, 0.1) is 38.0 Å². The Bertz CT molecular complexity index is 869. The fourth-order valence-electron chi connectivity index (χ4n) is 2.50. The molecular weight excluding hydrogens is 330 g/mol. The van der Waals surface area contributed by atoms with Crippen LogP contribution in [0.25, 0.3) is 11.0 Å². The summed E-state index contributed by atoms with van der Waals surface area (Å²) in [7, 11) is 2.97. The molecule has 2 rings (SSSR count). The first-order valence-corrected chi connectivity index (χ1v) is 7.54. The Balaban J connectivity index is 2.39. The van der Waals surface area contributed by atoms with Crippen molar-refractivity contribution in [2.45, 2.75) is 19.8 Å². The minimum atomic E-state index is -1.01. The van der Waals surface area contributed by atoms with Gasteiger partial charge in [-0.2, -0.15) is 0 Å². The SMILES string of the molecule is COc1cc(OC)c2c(C)c(CC(=O)NCCC(=O)O)c(=O)oc2c1. The van der Waals surface area contributed by atoms with Gasteiger partial charge in [-0.3, -0.25) is 9.59 Å². The van der Waals surface area contributed by atoms with E-state index in [2.05, 4.69) is 5.32 Å². The summed E-state index contributed by atoms with van der Waals surface area (Å²) < 4.78 is 15.8. The second-order valence-electron chi connectivity index (χ2n) is 5.37. The fraction of sp³-hybridized carbons (Fsp3) is 0.353. The normalized spacial score (nSPS) is 10.5. The van der Waals surface area contributed by atoms with E-state index >= 15 is 0 Å². The van der Waals surface area contributed by atoms with Gasteiger partial charge in [0.2, 0.25) is 5.91 Å². The van der Waals surface area contributed by atoms with E-state index in [9.17, 15) is 14.4 Å². The lowest BCUT2D eigenvalue weighted by Gasteiger charge is -2.12. The zero-order valence-corrected chi connectivity index (χ0v) is 14.2. The van der Waals surface area contributed by atoms with Gasteiger partial charge in [-0.1, -0.05) is 0 Å². The largest absolute Gasteiger partial charge is 0.496 e. The molecule has 2 aromatic rings. The number of amides is 1. The summed E-state index contributed by atoms with van der Waals surface area (Å²) in [5, 5.41) is 11.6. The van der Waals surface area contributed by atoms with E-state index < -0.39 is 17.5 Å². The molecule has 0 saturated carbocycles. The molecule has 25 heavy (non-hydrogen) atoms. The average molecular weight is 349 g/mol. The minimum Gasteiger partial charge on any atom is -0.496 e. The number of carbonyl (C=O) groups excluding carboxylic acids is 1. The Kier molecular flexibility index (Phi) is 5.63. The third-order valence-electron chi connectivity index (χ3n) is 3.77. The molecule has 134 valence electrons. The molecule has 1 aromatic carbocycles. The highest BCUT2D eigenvalue weighted by atomic mass is 16.5. The third kappa shape index (κ3) is 4.09. The van der Waals surface area contributed by atoms with Crippen molar-refractivity contribution in [3.8, 4) is 11.5 Å². The van der Waals surface area contributed by atoms with Gasteiger partial charge in [-0.25, -0.2) is 4.79 Å². The number of hydrogen-bond acceptors (Lipinski definition) is 6. The first-order chi connectivity index (χ1) is 11.9. The van der Waals surface area contributed by atoms with Crippen molar-refractivity contribution < 1.29 is 28.6 Å². The minimum absolute atomic E-state index is 0.00729. The number of rotatable bonds is 7. The van der Waals surface area contributed by atoms with Gasteiger partial charge in [-0.15, -0.1) is 0 Å². The van der Waals surface area contributed by atoms with Crippen LogP contribution in [0.3, 0.4) is 0 Å². The number of nitrogens with one attached hydrogen (secondary N) is 1. The highest BCUT2D eigenvalue weighted by molar-refractivity contribution is 5.90. The van der Waals surface area contributed by atoms with Gasteiger partial charge in [0, 0.05) is 18.7 Å². The molecule has 0 aliphatic carbocycles. The van der Waals surface area contributed by atoms with E-state index in [1.54, 1.807) is 19.1 Å². The summed E-state index contributed by atoms with van der Waals surface area (Å²) in [6.45, 7) is 1.70. The number of aliphatic carboxylic acids is 1. The summed E-state index contributed by atoms with van der Waals surface area (Å²) in [6, 6.07) is 3.23. The van der Waals surface area contributed by atoms with Gasteiger partial charge in [-0.05, 0) is 12.5 Å². The Morgan fingerprint density at radius 3 is 2.56 bits per heavy atom. The lowest BCUT2D eigenvalue weighted by Crippen LogP contribution is -2.29. The molecule has 0 saturated heterocycles. The Hall–Kier alpha value is -3.03. The van der Waals surface area contributed by atoms with Gasteiger partial charge in [0.25, 0.3) is 0 Å². The number of ether oxygens (including phenoxy) is 2. The van der Waals surface area contributed by atoms with Crippen molar-refractivity contribution >= 4 is 22.8 Å². The van der Waals surface area contributed by atoms with Crippen LogP contribution in [0.5, 0.6) is 11.5 Å². The molecule has 2 N–H and O–H groups in total. The molecule has 1 amide bonds. The zero-order valence-electron chi connectivity index (χ0n) is 14.2. The molecule has 8 heteroatoms. The van der Waals surface area contributed by atoms with E-state index in [4.69, 9.17) is 19.0 Å². The van der Waals surface area contributed by atoms with E-state index in [-0.39, 0.29) is 24.9 Å². The van der Waals surface area contributed by atoms with Gasteiger partial charge < -0.3 is 24.3 Å². The quantitative estimate of drug-likeness (QED) is 0.723. The molecule has 0 aliphatic rings. The maximum absolute atomic E-state index is 12.2. The predicted molar refractivity (Wildman–Crippen MR) is 89.3 cm³/mol. The summed E-state index contributed by atoms with van der Waals surface area (Å²) in [5.41, 5.74) is 0.436. The van der Waals surface area contributed by atoms with Crippen molar-refractivity contribution in [2.75, 3.05) is 20.8 Å². The first kappa shape index (κ1) is 18.3. The summed E-state index contributed by atoms with van der Waals surface area (Å²) in [5.74, 6) is -0.530. The maximum atomic E-state index is 12.2. The van der Waals surface area contributed by atoms with Gasteiger partial charge >= 0.3 is 11.6 Å². The van der Waals surface area contributed by atoms with Crippen LogP contribution in [0.2, 0.25) is 0 Å². The van der Waals surface area contributed by atoms with Crippen molar-refractivity contribution in [1.82, 2.24) is 5.32 Å². The van der Waals surface area contributed by atoms with Crippen LogP contribution < -0.4 is 20.4 Å². The monoisotopic (exact) mass is 349 g/mol. The van der Waals surface area contributed by atoms with Crippen LogP contribution in [0, 0.1) is 6.92 Å². The Morgan fingerprint density at radius 1 is 1.24 bits per heavy atom. The number of hydrogen-bond donors (Lipinski definition) is 2. The molecule has 0 unspecified atom stereocenters. The second kappa shape index (κ2) is 7.69. The molecule has 0 fully saturated rings. The summed E-state index contributed by atoms with van der Waals surface area (Å²) >= 11 is 0. The van der Waals surface area contributed by atoms with Crippen molar-refractivity contribution in [1.29, 1.82) is 0 Å². The standard InChI is InChI=1S/C17H19NO7/c1-9-11(8-14(19)18-5-4-15(20)21)17(22)25-13-7-10(23-2)6-12(24-3)16(9)13/h6-7H,4-5,8H2,1-3H3,(H,18,19)(H,20,21). The van der Waals surface area contributed by atoms with Crippen LogP contribution >= 0.6 is 0 Å². The van der Waals surface area contributed by atoms with Crippen LogP contribution in [-0.4, -0.2) is 37.7 Å². The summed E-state index contributed by atoms with van der Waals surface area (Å²) in [4.78, 5) is 34.7. The van der Waals surface area contributed by atoms with Crippen LogP contribution in [-0.2, 0) is 16.0 Å². The molecule has 8 nitrogen and oxygen atoms in total. The Labute approximate surface area is 143 Å². The van der Waals surface area contributed by atoms with Crippen molar-refractivity contribution in [3.05, 3.63) is 33.7 Å². The van der Waals surface area contributed by atoms with Crippen LogP contribution in [0.4, 0.5) is 0 Å². The summed E-state index contributed by atoms with van der Waals surface area (Å²) in [6.07, 6.45) is -0.399. The van der Waals surface area contributed by atoms with Crippen molar-refractivity contribution in [2.24, 2.45) is 0 Å². The number of carboxylic acids is 1. The van der Waals surface area contributed by atoms with E-state index in [1.807, 2.05) is 0 Å². The molecule has 0 aliphatic heterocycles. The number of carboxylic acid groups (broad SMARTS) is 1. The smallest absolute Gasteiger partial charge is 0.340 e. The van der Waals surface area contributed by atoms with E-state index in [1.165, 1.54) is 14.2 Å². The van der Waals surface area contributed by atoms with Gasteiger partial charge in [0.15, 0.2) is 0 Å². The topological polar surface area (TPSA) is 115 Å². The number of benzene rings is 1. The lowest BCUT2D eigenvalue weighted by atomic mass is 10.0. The highest BCUT2D eigenvalue weighted by Gasteiger charge is 2.18. The van der Waals surface area contributed by atoms with Crippen molar-refractivity contribution in [3.63, 3.8) is 0 Å². The van der Waals surface area contributed by atoms with Crippen LogP contribution in [0.15, 0.2) is 21.3 Å². The average Bonchev–Trinajstić information content (AvgIpc) is 2.56. The molecular formula is C17H19NO7. The predicted octanol–water partition coefficient (Wildman–Crippen LogP) is 1.25. The molecule has 1 aromatic heterocycles. The van der Waals surface area contributed by atoms with Gasteiger partial charge in [0.1, 0.15) is 17.1 Å².